The van der Waals surface area contributed by atoms with Crippen molar-refractivity contribution in [3.05, 3.63) is 58.9 Å². The summed E-state index contributed by atoms with van der Waals surface area (Å²) in [6.07, 6.45) is -0.439. The zero-order chi connectivity index (χ0) is 16.4. The topological polar surface area (TPSA) is 58.6 Å². The van der Waals surface area contributed by atoms with Crippen molar-refractivity contribution >= 4 is 35.0 Å². The van der Waals surface area contributed by atoms with Gasteiger partial charge in [-0.1, -0.05) is 23.7 Å². The second kappa shape index (κ2) is 6.26. The van der Waals surface area contributed by atoms with E-state index in [1.807, 2.05) is 0 Å². The molecule has 5 nitrogen and oxygen atoms in total. The second-order valence-electron chi connectivity index (χ2n) is 4.87. The van der Waals surface area contributed by atoms with Gasteiger partial charge in [-0.2, -0.15) is 0 Å². The van der Waals surface area contributed by atoms with Gasteiger partial charge < -0.3 is 10.1 Å². The number of benzene rings is 2. The molecule has 0 spiro atoms. The van der Waals surface area contributed by atoms with Crippen LogP contribution in [0.1, 0.15) is 10.4 Å². The van der Waals surface area contributed by atoms with Gasteiger partial charge in [-0.3, -0.25) is 9.69 Å². The predicted octanol–water partition coefficient (Wildman–Crippen LogP) is 3.69. The van der Waals surface area contributed by atoms with Crippen molar-refractivity contribution in [3.8, 4) is 0 Å². The lowest BCUT2D eigenvalue weighted by atomic mass is 10.2. The van der Waals surface area contributed by atoms with E-state index >= 15 is 0 Å². The summed E-state index contributed by atoms with van der Waals surface area (Å²) >= 11 is 5.87. The first-order valence-electron chi connectivity index (χ1n) is 6.86. The summed E-state index contributed by atoms with van der Waals surface area (Å²) in [4.78, 5) is 25.2. The van der Waals surface area contributed by atoms with Gasteiger partial charge in [-0.25, -0.2) is 9.18 Å². The summed E-state index contributed by atoms with van der Waals surface area (Å²) in [6.45, 7) is 0.760. The van der Waals surface area contributed by atoms with Gasteiger partial charge in [0, 0.05) is 11.4 Å². The van der Waals surface area contributed by atoms with Gasteiger partial charge in [0.1, 0.15) is 12.4 Å². The molecule has 3 rings (SSSR count). The van der Waals surface area contributed by atoms with Crippen LogP contribution in [0.25, 0.3) is 0 Å². The first-order valence-corrected chi connectivity index (χ1v) is 7.24. The Kier molecular flexibility index (Phi) is 4.16. The minimum atomic E-state index is -0.700. The summed E-state index contributed by atoms with van der Waals surface area (Å²) in [5, 5.41) is 2.61. The van der Waals surface area contributed by atoms with Crippen molar-refractivity contribution in [3.63, 3.8) is 0 Å². The Morgan fingerprint density at radius 2 is 2.04 bits per heavy atom. The van der Waals surface area contributed by atoms with Crippen LogP contribution in [0.15, 0.2) is 42.5 Å². The largest absolute Gasteiger partial charge is 0.447 e. The van der Waals surface area contributed by atoms with Crippen molar-refractivity contribution in [1.82, 2.24) is 0 Å². The molecule has 1 fully saturated rings. The highest BCUT2D eigenvalue weighted by Gasteiger charge is 2.24. The Hall–Kier alpha value is -2.60. The number of rotatable bonds is 3. The molecular formula is C16H12ClFN2O3. The van der Waals surface area contributed by atoms with Crippen molar-refractivity contribution in [2.24, 2.45) is 0 Å². The van der Waals surface area contributed by atoms with Crippen LogP contribution in [-0.2, 0) is 4.74 Å². The van der Waals surface area contributed by atoms with Crippen LogP contribution >= 0.6 is 11.6 Å². The van der Waals surface area contributed by atoms with Crippen LogP contribution in [0.2, 0.25) is 5.02 Å². The van der Waals surface area contributed by atoms with E-state index in [0.717, 1.165) is 6.07 Å². The van der Waals surface area contributed by atoms with E-state index < -0.39 is 17.8 Å². The van der Waals surface area contributed by atoms with Crippen molar-refractivity contribution < 1.29 is 18.7 Å². The number of amides is 2. The molecule has 1 aliphatic rings. The van der Waals surface area contributed by atoms with E-state index in [-0.39, 0.29) is 10.6 Å². The van der Waals surface area contributed by atoms with E-state index in [1.165, 1.54) is 17.0 Å². The molecule has 2 aromatic rings. The summed E-state index contributed by atoms with van der Waals surface area (Å²) in [5.74, 6) is -1.36. The summed E-state index contributed by atoms with van der Waals surface area (Å²) in [5.41, 5.74) is 0.789. The normalized spacial score (nSPS) is 13.8. The fourth-order valence-electron chi connectivity index (χ4n) is 2.29. The second-order valence-corrected chi connectivity index (χ2v) is 5.27. The monoisotopic (exact) mass is 334 g/mol. The highest BCUT2D eigenvalue weighted by molar-refractivity contribution is 6.34. The average Bonchev–Trinajstić information content (AvgIpc) is 2.93. The van der Waals surface area contributed by atoms with Crippen molar-refractivity contribution in [1.29, 1.82) is 0 Å². The van der Waals surface area contributed by atoms with Crippen LogP contribution in [0.5, 0.6) is 0 Å². The molecule has 0 aromatic heterocycles. The van der Waals surface area contributed by atoms with Crippen molar-refractivity contribution in [2.75, 3.05) is 23.4 Å². The quantitative estimate of drug-likeness (QED) is 0.931. The van der Waals surface area contributed by atoms with Gasteiger partial charge in [0.25, 0.3) is 5.91 Å². The van der Waals surface area contributed by atoms with E-state index in [9.17, 15) is 14.0 Å². The van der Waals surface area contributed by atoms with Gasteiger partial charge in [0.05, 0.1) is 17.1 Å². The van der Waals surface area contributed by atoms with E-state index in [0.29, 0.717) is 24.5 Å². The molecule has 1 heterocycles. The SMILES string of the molecule is O=C(Nc1cccc(N2CCOC2=O)c1)c1c(F)cccc1Cl. The molecule has 7 heteroatoms. The van der Waals surface area contributed by atoms with Gasteiger partial charge in [-0.15, -0.1) is 0 Å². The zero-order valence-electron chi connectivity index (χ0n) is 11.9. The number of carbonyl (C=O) groups excluding carboxylic acids is 2. The molecule has 0 bridgehead atoms. The standard InChI is InChI=1S/C16H12ClFN2O3/c17-12-5-2-6-13(18)14(12)15(21)19-10-3-1-4-11(9-10)20-7-8-23-16(20)22/h1-6,9H,7-8H2,(H,19,21). The molecule has 0 radical (unpaired) electrons. The first-order chi connectivity index (χ1) is 11.1. The fourth-order valence-corrected chi connectivity index (χ4v) is 2.54. The van der Waals surface area contributed by atoms with Gasteiger partial charge in [0.15, 0.2) is 0 Å². The molecule has 1 aliphatic heterocycles. The Morgan fingerprint density at radius 3 is 2.74 bits per heavy atom. The molecule has 0 unspecified atom stereocenters. The molecule has 0 aliphatic carbocycles. The lowest BCUT2D eigenvalue weighted by Gasteiger charge is -2.14. The third-order valence-corrected chi connectivity index (χ3v) is 3.68. The third-order valence-electron chi connectivity index (χ3n) is 3.37. The van der Waals surface area contributed by atoms with Crippen molar-refractivity contribution in [2.45, 2.75) is 0 Å². The van der Waals surface area contributed by atoms with Gasteiger partial charge in [0.2, 0.25) is 0 Å². The lowest BCUT2D eigenvalue weighted by Crippen LogP contribution is -2.23. The molecule has 2 aromatic carbocycles. The van der Waals surface area contributed by atoms with Crippen LogP contribution < -0.4 is 10.2 Å². The van der Waals surface area contributed by atoms with Crippen LogP contribution in [-0.4, -0.2) is 25.2 Å². The van der Waals surface area contributed by atoms with E-state index in [4.69, 9.17) is 16.3 Å². The number of ether oxygens (including phenoxy) is 1. The van der Waals surface area contributed by atoms with Crippen LogP contribution in [0.3, 0.4) is 0 Å². The Morgan fingerprint density at radius 1 is 1.26 bits per heavy atom. The molecular weight excluding hydrogens is 323 g/mol. The number of nitrogens with one attached hydrogen (secondary N) is 1. The highest BCUT2D eigenvalue weighted by atomic mass is 35.5. The number of hydrogen-bond acceptors (Lipinski definition) is 3. The van der Waals surface area contributed by atoms with E-state index in [2.05, 4.69) is 5.32 Å². The van der Waals surface area contributed by atoms with E-state index in [1.54, 1.807) is 24.3 Å². The fraction of sp³-hybridized carbons (Fsp3) is 0.125. The maximum absolute atomic E-state index is 13.8. The molecule has 118 valence electrons. The highest BCUT2D eigenvalue weighted by Crippen LogP contribution is 2.24. The van der Waals surface area contributed by atoms with Gasteiger partial charge in [-0.05, 0) is 30.3 Å². The molecule has 23 heavy (non-hydrogen) atoms. The summed E-state index contributed by atoms with van der Waals surface area (Å²) in [7, 11) is 0. The minimum Gasteiger partial charge on any atom is -0.447 e. The number of cyclic esters (lactones) is 1. The van der Waals surface area contributed by atoms with Gasteiger partial charge >= 0.3 is 6.09 Å². The Bertz CT molecular complexity index is 761. The lowest BCUT2D eigenvalue weighted by molar-refractivity contribution is 0.102. The molecule has 1 saturated heterocycles. The number of anilines is 2. The van der Waals surface area contributed by atoms with Crippen LogP contribution in [0, 0.1) is 5.82 Å². The molecule has 2 amide bonds. The summed E-state index contributed by atoms with van der Waals surface area (Å²) in [6, 6.07) is 10.7. The smallest absolute Gasteiger partial charge is 0.414 e. The molecule has 0 atom stereocenters. The molecule has 1 N–H and O–H groups in total. The maximum atomic E-state index is 13.8. The first kappa shape index (κ1) is 15.3. The Balaban J connectivity index is 1.83. The van der Waals surface area contributed by atoms with Crippen LogP contribution in [0.4, 0.5) is 20.6 Å². The molecule has 0 saturated carbocycles. The minimum absolute atomic E-state index is 0.0294. The number of halogens is 2. The predicted molar refractivity (Wildman–Crippen MR) is 84.5 cm³/mol. The number of nitrogens with zero attached hydrogens (tertiary/aromatic N) is 1. The number of hydrogen-bond donors (Lipinski definition) is 1. The third kappa shape index (κ3) is 3.12. The summed E-state index contributed by atoms with van der Waals surface area (Å²) < 4.78 is 18.6. The Labute approximate surface area is 136 Å². The zero-order valence-corrected chi connectivity index (χ0v) is 12.6. The maximum Gasteiger partial charge on any atom is 0.414 e. The average molecular weight is 335 g/mol. The number of carbonyl (C=O) groups is 2.